The average molecular weight is 383 g/mol. The molecule has 8 heteroatoms. The molecular weight excluding hydrogens is 368 g/mol. The molecule has 1 aliphatic rings. The molecule has 0 aliphatic carbocycles. The number of carboxylic acids is 1. The number of thiazole rings is 1. The molecule has 3 rings (SSSR count). The van der Waals surface area contributed by atoms with Gasteiger partial charge in [0, 0.05) is 34.0 Å². The number of amides is 1. The van der Waals surface area contributed by atoms with Gasteiger partial charge in [0.15, 0.2) is 0 Å². The number of hydrogen-bond acceptors (Lipinski definition) is 5. The van der Waals surface area contributed by atoms with E-state index in [4.69, 9.17) is 16.7 Å². The number of rotatable bonds is 4. The van der Waals surface area contributed by atoms with Gasteiger partial charge in [-0.3, -0.25) is 9.59 Å². The molecular formula is C16H15ClN2O3S2. The molecule has 1 atom stereocenters. The van der Waals surface area contributed by atoms with Crippen LogP contribution in [0.4, 0.5) is 0 Å². The highest BCUT2D eigenvalue weighted by Gasteiger charge is 2.30. The molecule has 1 aliphatic heterocycles. The van der Waals surface area contributed by atoms with Gasteiger partial charge in [-0.15, -0.1) is 11.3 Å². The summed E-state index contributed by atoms with van der Waals surface area (Å²) in [5, 5.41) is 12.1. The van der Waals surface area contributed by atoms with E-state index in [0.29, 0.717) is 23.0 Å². The quantitative estimate of drug-likeness (QED) is 0.876. The molecule has 0 spiro atoms. The number of carbonyl (C=O) groups is 2. The predicted octanol–water partition coefficient (Wildman–Crippen LogP) is 3.50. The molecule has 2 aromatic rings. The van der Waals surface area contributed by atoms with Crippen LogP contribution in [-0.2, 0) is 4.79 Å². The normalized spacial score (nSPS) is 17.7. The summed E-state index contributed by atoms with van der Waals surface area (Å²) in [6, 6.07) is 7.03. The minimum Gasteiger partial charge on any atom is -0.481 e. The van der Waals surface area contributed by atoms with Crippen LogP contribution in [0.3, 0.4) is 0 Å². The standard InChI is InChI=1S/C16H15ClN2O3S2/c17-11-3-1-2-10(6-11)15-18-13(9-24-15)16(22)19-4-5-23-8-12(19)7-14(20)21/h1-3,6,9,12H,4-5,7-8H2,(H,20,21). The maximum atomic E-state index is 12.7. The second-order valence-corrected chi connectivity index (χ2v) is 7.82. The van der Waals surface area contributed by atoms with Crippen molar-refractivity contribution in [3.8, 4) is 10.6 Å². The number of carboxylic acid groups (broad SMARTS) is 1. The smallest absolute Gasteiger partial charge is 0.305 e. The maximum Gasteiger partial charge on any atom is 0.305 e. The van der Waals surface area contributed by atoms with E-state index in [1.165, 1.54) is 11.3 Å². The Labute approximate surface area is 152 Å². The first kappa shape index (κ1) is 17.3. The Hall–Kier alpha value is -1.57. The van der Waals surface area contributed by atoms with Gasteiger partial charge in [0.1, 0.15) is 10.7 Å². The topological polar surface area (TPSA) is 70.5 Å². The lowest BCUT2D eigenvalue weighted by Gasteiger charge is -2.34. The summed E-state index contributed by atoms with van der Waals surface area (Å²) in [4.78, 5) is 29.8. The summed E-state index contributed by atoms with van der Waals surface area (Å²) < 4.78 is 0. The lowest BCUT2D eigenvalue weighted by Crippen LogP contribution is -2.47. The molecule has 1 aromatic carbocycles. The fourth-order valence-electron chi connectivity index (χ4n) is 2.57. The molecule has 1 amide bonds. The summed E-state index contributed by atoms with van der Waals surface area (Å²) in [5.41, 5.74) is 1.22. The van der Waals surface area contributed by atoms with Crippen molar-refractivity contribution in [2.24, 2.45) is 0 Å². The van der Waals surface area contributed by atoms with Crippen molar-refractivity contribution >= 4 is 46.6 Å². The molecule has 1 aromatic heterocycles. The van der Waals surface area contributed by atoms with Crippen molar-refractivity contribution in [1.82, 2.24) is 9.88 Å². The summed E-state index contributed by atoms with van der Waals surface area (Å²) in [5.74, 6) is 0.362. The van der Waals surface area contributed by atoms with E-state index >= 15 is 0 Å². The summed E-state index contributed by atoms with van der Waals surface area (Å²) in [7, 11) is 0. The highest BCUT2D eigenvalue weighted by atomic mass is 35.5. The van der Waals surface area contributed by atoms with E-state index in [1.54, 1.807) is 34.2 Å². The lowest BCUT2D eigenvalue weighted by atomic mass is 10.2. The molecule has 0 radical (unpaired) electrons. The zero-order chi connectivity index (χ0) is 17.1. The predicted molar refractivity (Wildman–Crippen MR) is 97.0 cm³/mol. The zero-order valence-corrected chi connectivity index (χ0v) is 15.0. The Balaban J connectivity index is 1.80. The first-order chi connectivity index (χ1) is 11.5. The van der Waals surface area contributed by atoms with Crippen molar-refractivity contribution in [1.29, 1.82) is 0 Å². The van der Waals surface area contributed by atoms with E-state index in [0.717, 1.165) is 16.3 Å². The third kappa shape index (κ3) is 3.91. The molecule has 1 saturated heterocycles. The Morgan fingerprint density at radius 3 is 3.00 bits per heavy atom. The van der Waals surface area contributed by atoms with E-state index in [1.807, 2.05) is 12.1 Å². The van der Waals surface area contributed by atoms with E-state index in [2.05, 4.69) is 4.98 Å². The molecule has 1 N–H and O–H groups in total. The van der Waals surface area contributed by atoms with Gasteiger partial charge >= 0.3 is 5.97 Å². The van der Waals surface area contributed by atoms with Crippen LogP contribution in [0.5, 0.6) is 0 Å². The number of hydrogen-bond donors (Lipinski definition) is 1. The first-order valence-corrected chi connectivity index (χ1v) is 9.78. The molecule has 0 bridgehead atoms. The van der Waals surface area contributed by atoms with Gasteiger partial charge in [-0.2, -0.15) is 11.8 Å². The molecule has 126 valence electrons. The van der Waals surface area contributed by atoms with Gasteiger partial charge in [0.05, 0.1) is 12.5 Å². The maximum absolute atomic E-state index is 12.7. The number of thioether (sulfide) groups is 1. The summed E-state index contributed by atoms with van der Waals surface area (Å²) in [6.45, 7) is 0.547. The third-order valence-electron chi connectivity index (χ3n) is 3.69. The number of halogens is 1. The van der Waals surface area contributed by atoms with Crippen LogP contribution in [-0.4, -0.2) is 51.0 Å². The number of aromatic nitrogens is 1. The molecule has 1 unspecified atom stereocenters. The van der Waals surface area contributed by atoms with Crippen molar-refractivity contribution in [3.05, 3.63) is 40.4 Å². The average Bonchev–Trinajstić information content (AvgIpc) is 3.04. The van der Waals surface area contributed by atoms with Crippen molar-refractivity contribution in [3.63, 3.8) is 0 Å². The Morgan fingerprint density at radius 1 is 1.42 bits per heavy atom. The number of benzene rings is 1. The number of carbonyl (C=O) groups excluding carboxylic acids is 1. The number of aliphatic carboxylic acids is 1. The molecule has 2 heterocycles. The van der Waals surface area contributed by atoms with Gasteiger partial charge in [0.25, 0.3) is 5.91 Å². The van der Waals surface area contributed by atoms with Crippen molar-refractivity contribution in [2.45, 2.75) is 12.5 Å². The fourth-order valence-corrected chi connectivity index (χ4v) is 4.61. The van der Waals surface area contributed by atoms with Gasteiger partial charge in [-0.05, 0) is 12.1 Å². The van der Waals surface area contributed by atoms with Crippen molar-refractivity contribution in [2.75, 3.05) is 18.1 Å². The van der Waals surface area contributed by atoms with Crippen LogP contribution in [0, 0.1) is 0 Å². The van der Waals surface area contributed by atoms with Crippen LogP contribution >= 0.6 is 34.7 Å². The van der Waals surface area contributed by atoms with E-state index in [9.17, 15) is 9.59 Å². The Kier molecular flexibility index (Phi) is 5.43. The van der Waals surface area contributed by atoms with Gasteiger partial charge < -0.3 is 10.0 Å². The van der Waals surface area contributed by atoms with Crippen LogP contribution in [0.2, 0.25) is 5.02 Å². The monoisotopic (exact) mass is 382 g/mol. The Morgan fingerprint density at radius 2 is 2.25 bits per heavy atom. The largest absolute Gasteiger partial charge is 0.481 e. The lowest BCUT2D eigenvalue weighted by molar-refractivity contribution is -0.138. The minimum absolute atomic E-state index is 0.0377. The Bertz CT molecular complexity index is 765. The second-order valence-electron chi connectivity index (χ2n) is 5.37. The van der Waals surface area contributed by atoms with E-state index < -0.39 is 5.97 Å². The van der Waals surface area contributed by atoms with Crippen LogP contribution in [0.25, 0.3) is 10.6 Å². The highest BCUT2D eigenvalue weighted by molar-refractivity contribution is 7.99. The third-order valence-corrected chi connectivity index (χ3v) is 5.91. The molecule has 5 nitrogen and oxygen atoms in total. The summed E-state index contributed by atoms with van der Waals surface area (Å²) in [6.07, 6.45) is -0.0377. The van der Waals surface area contributed by atoms with E-state index in [-0.39, 0.29) is 18.4 Å². The van der Waals surface area contributed by atoms with Crippen LogP contribution in [0.1, 0.15) is 16.9 Å². The van der Waals surface area contributed by atoms with Gasteiger partial charge in [-0.1, -0.05) is 23.7 Å². The van der Waals surface area contributed by atoms with Gasteiger partial charge in [0.2, 0.25) is 0 Å². The second kappa shape index (κ2) is 7.55. The van der Waals surface area contributed by atoms with Gasteiger partial charge in [-0.25, -0.2) is 4.98 Å². The molecule has 24 heavy (non-hydrogen) atoms. The zero-order valence-electron chi connectivity index (χ0n) is 12.6. The fraction of sp³-hybridized carbons (Fsp3) is 0.312. The highest BCUT2D eigenvalue weighted by Crippen LogP contribution is 2.28. The molecule has 0 saturated carbocycles. The van der Waals surface area contributed by atoms with Crippen LogP contribution < -0.4 is 0 Å². The summed E-state index contributed by atoms with van der Waals surface area (Å²) >= 11 is 9.05. The SMILES string of the molecule is O=C(O)CC1CSCCN1C(=O)c1csc(-c2cccc(Cl)c2)n1. The van der Waals surface area contributed by atoms with Crippen LogP contribution in [0.15, 0.2) is 29.6 Å². The minimum atomic E-state index is -0.891. The number of nitrogens with zero attached hydrogens (tertiary/aromatic N) is 2. The van der Waals surface area contributed by atoms with Crippen molar-refractivity contribution < 1.29 is 14.7 Å². The first-order valence-electron chi connectivity index (χ1n) is 7.36. The molecule has 1 fully saturated rings.